The highest BCUT2D eigenvalue weighted by Gasteiger charge is 2.29. The zero-order valence-corrected chi connectivity index (χ0v) is 27.6. The van der Waals surface area contributed by atoms with Gasteiger partial charge in [-0.15, -0.1) is 0 Å². The molecule has 0 saturated heterocycles. The van der Waals surface area contributed by atoms with Gasteiger partial charge in [0.25, 0.3) is 5.56 Å². The van der Waals surface area contributed by atoms with Crippen LogP contribution >= 0.6 is 0 Å². The summed E-state index contributed by atoms with van der Waals surface area (Å²) in [5, 5.41) is 29.6. The minimum Gasteiger partial charge on any atom is -0.479 e. The highest BCUT2D eigenvalue weighted by molar-refractivity contribution is 5.82. The van der Waals surface area contributed by atoms with Crippen LogP contribution in [-0.2, 0) is 37.3 Å². The van der Waals surface area contributed by atoms with Crippen LogP contribution in [0.1, 0.15) is 56.7 Å². The molecule has 1 aliphatic rings. The third-order valence-electron chi connectivity index (χ3n) is 7.98. The minimum atomic E-state index is -1.18. The van der Waals surface area contributed by atoms with Crippen molar-refractivity contribution in [3.8, 4) is 11.4 Å². The molecule has 2 heterocycles. The number of aromatic nitrogens is 3. The molecule has 0 spiro atoms. The summed E-state index contributed by atoms with van der Waals surface area (Å²) >= 11 is 0. The maximum absolute atomic E-state index is 12.5. The Kier molecular flexibility index (Phi) is 13.9. The van der Waals surface area contributed by atoms with E-state index in [4.69, 9.17) is 29.4 Å². The number of fused-ring (bicyclic) bond motifs is 1. The molecule has 46 heavy (non-hydrogen) atoms. The number of imidazole rings is 1. The summed E-state index contributed by atoms with van der Waals surface area (Å²) < 4.78 is 20.2. The molecule has 1 fully saturated rings. The molecule has 0 unspecified atom stereocenters. The van der Waals surface area contributed by atoms with E-state index in [1.54, 1.807) is 52.8 Å². The van der Waals surface area contributed by atoms with Crippen LogP contribution in [0.2, 0.25) is 0 Å². The first-order valence-electron chi connectivity index (χ1n) is 15.6. The number of benzene rings is 1. The van der Waals surface area contributed by atoms with Crippen LogP contribution in [0.3, 0.4) is 0 Å². The standard InChI is InChI=1S/C29H40N4O6.C4H8O3/c1-18-13-21(15-32(3)28(18)35)27-31-24-14-20(9-10-25(24)33(27)22(16-37-4)17-38-5)11-12-30-26(19(2)34)29(36)39-23-7-6-8-23;1-2-3(5)4(6)7/h9-10,13-15,19,22-23,26,30,34H,6-8,11-12,16-17H2,1-5H3;3,5H,2H2,1H3,(H,6,7)/t19-,26+;3-/m10/s1. The van der Waals surface area contributed by atoms with Crippen LogP contribution in [0.25, 0.3) is 22.4 Å². The lowest BCUT2D eigenvalue weighted by molar-refractivity contribution is -0.158. The first-order valence-corrected chi connectivity index (χ1v) is 15.6. The van der Waals surface area contributed by atoms with Gasteiger partial charge in [0.1, 0.15) is 18.0 Å². The Bertz CT molecular complexity index is 1480. The summed E-state index contributed by atoms with van der Waals surface area (Å²) in [6.07, 6.45) is 3.50. The third kappa shape index (κ3) is 9.46. The van der Waals surface area contributed by atoms with Gasteiger partial charge in [-0.1, -0.05) is 13.0 Å². The minimum absolute atomic E-state index is 0.0249. The van der Waals surface area contributed by atoms with Crippen molar-refractivity contribution in [1.82, 2.24) is 19.4 Å². The van der Waals surface area contributed by atoms with Crippen LogP contribution in [0.4, 0.5) is 0 Å². The van der Waals surface area contributed by atoms with Crippen molar-refractivity contribution < 1.29 is 39.1 Å². The van der Waals surface area contributed by atoms with Crippen molar-refractivity contribution in [2.24, 2.45) is 7.05 Å². The van der Waals surface area contributed by atoms with Crippen molar-refractivity contribution in [2.45, 2.75) is 83.3 Å². The van der Waals surface area contributed by atoms with E-state index in [0.717, 1.165) is 47.2 Å². The second-order valence-electron chi connectivity index (χ2n) is 11.7. The highest BCUT2D eigenvalue weighted by atomic mass is 16.5. The zero-order chi connectivity index (χ0) is 34.0. The van der Waals surface area contributed by atoms with E-state index in [-0.39, 0.29) is 24.1 Å². The van der Waals surface area contributed by atoms with E-state index in [0.29, 0.717) is 31.7 Å². The summed E-state index contributed by atoms with van der Waals surface area (Å²) in [5.74, 6) is -0.822. The average Bonchev–Trinajstić information content (AvgIpc) is 3.37. The Morgan fingerprint density at radius 2 is 1.80 bits per heavy atom. The van der Waals surface area contributed by atoms with Gasteiger partial charge in [0.2, 0.25) is 0 Å². The number of aliphatic carboxylic acids is 1. The van der Waals surface area contributed by atoms with Crippen molar-refractivity contribution >= 4 is 23.0 Å². The van der Waals surface area contributed by atoms with E-state index in [1.165, 1.54) is 0 Å². The first kappa shape index (κ1) is 36.8. The molecule has 0 aliphatic heterocycles. The van der Waals surface area contributed by atoms with Crippen LogP contribution in [-0.4, -0.2) is 99.7 Å². The van der Waals surface area contributed by atoms with Gasteiger partial charge < -0.3 is 44.0 Å². The fourth-order valence-electron chi connectivity index (χ4n) is 5.18. The molecular weight excluding hydrogens is 596 g/mol. The number of nitrogens with zero attached hydrogens (tertiary/aromatic N) is 3. The SMILES string of the molecule is CC[C@H](O)C(=O)O.COCC(COC)n1c(-c2cc(C)c(=O)n(C)c2)nc2cc(CCN[C@H](C(=O)OC3CCC3)[C@@H](C)O)ccc21. The number of rotatable bonds is 15. The van der Waals surface area contributed by atoms with Gasteiger partial charge in [-0.05, 0) is 69.7 Å². The summed E-state index contributed by atoms with van der Waals surface area (Å²) in [7, 11) is 5.05. The van der Waals surface area contributed by atoms with Gasteiger partial charge in [-0.2, -0.15) is 0 Å². The number of esters is 1. The molecule has 0 amide bonds. The number of aryl methyl sites for hydroxylation is 2. The smallest absolute Gasteiger partial charge is 0.332 e. The van der Waals surface area contributed by atoms with Gasteiger partial charge in [0, 0.05) is 45.1 Å². The van der Waals surface area contributed by atoms with Crippen LogP contribution < -0.4 is 10.9 Å². The number of carbonyl (C=O) groups is 2. The van der Waals surface area contributed by atoms with Gasteiger partial charge in [0.15, 0.2) is 6.10 Å². The van der Waals surface area contributed by atoms with Gasteiger partial charge in [0.05, 0.1) is 36.4 Å². The Labute approximate surface area is 269 Å². The summed E-state index contributed by atoms with van der Waals surface area (Å²) in [4.78, 5) is 39.5. The number of nitrogens with one attached hydrogen (secondary N) is 1. The Morgan fingerprint density at radius 1 is 1.13 bits per heavy atom. The molecular formula is C33H48N4O9. The molecule has 0 bridgehead atoms. The average molecular weight is 645 g/mol. The number of ether oxygens (including phenoxy) is 3. The maximum Gasteiger partial charge on any atom is 0.332 e. The van der Waals surface area contributed by atoms with Gasteiger partial charge in [-0.25, -0.2) is 9.78 Å². The Hall–Kier alpha value is -3.62. The second-order valence-corrected chi connectivity index (χ2v) is 11.7. The molecule has 13 heteroatoms. The number of aliphatic hydroxyl groups is 2. The third-order valence-corrected chi connectivity index (χ3v) is 7.98. The van der Waals surface area contributed by atoms with Gasteiger partial charge >= 0.3 is 11.9 Å². The largest absolute Gasteiger partial charge is 0.479 e. The predicted octanol–water partition coefficient (Wildman–Crippen LogP) is 2.36. The number of hydrogen-bond acceptors (Lipinski definition) is 10. The number of hydrogen-bond donors (Lipinski definition) is 4. The number of aliphatic hydroxyl groups excluding tert-OH is 2. The van der Waals surface area contributed by atoms with Crippen molar-refractivity contribution in [2.75, 3.05) is 34.0 Å². The van der Waals surface area contributed by atoms with Crippen molar-refractivity contribution in [1.29, 1.82) is 0 Å². The van der Waals surface area contributed by atoms with Crippen molar-refractivity contribution in [3.63, 3.8) is 0 Å². The van der Waals surface area contributed by atoms with E-state index in [2.05, 4.69) is 9.88 Å². The monoisotopic (exact) mass is 644 g/mol. The molecule has 4 N–H and O–H groups in total. The molecule has 3 aromatic rings. The topological polar surface area (TPSA) is 174 Å². The first-order chi connectivity index (χ1) is 21.9. The molecule has 13 nitrogen and oxygen atoms in total. The lowest BCUT2D eigenvalue weighted by atomic mass is 9.96. The van der Waals surface area contributed by atoms with E-state index in [1.807, 2.05) is 24.3 Å². The molecule has 1 saturated carbocycles. The number of pyridine rings is 1. The molecule has 1 aliphatic carbocycles. The van der Waals surface area contributed by atoms with Crippen LogP contribution in [0.15, 0.2) is 35.3 Å². The molecule has 254 valence electrons. The lowest BCUT2D eigenvalue weighted by Gasteiger charge is -2.28. The fourth-order valence-corrected chi connectivity index (χ4v) is 5.18. The molecule has 1 aromatic carbocycles. The van der Waals surface area contributed by atoms with Crippen LogP contribution in [0.5, 0.6) is 0 Å². The number of carboxylic acid groups (broad SMARTS) is 1. The van der Waals surface area contributed by atoms with E-state index in [9.17, 15) is 19.5 Å². The Balaban J connectivity index is 0.000000738. The van der Waals surface area contributed by atoms with E-state index < -0.39 is 30.2 Å². The summed E-state index contributed by atoms with van der Waals surface area (Å²) in [6, 6.07) is 7.08. The quantitative estimate of drug-likeness (QED) is 0.179. The lowest BCUT2D eigenvalue weighted by Crippen LogP contribution is -2.48. The van der Waals surface area contributed by atoms with E-state index >= 15 is 0 Å². The Morgan fingerprint density at radius 3 is 2.30 bits per heavy atom. The summed E-state index contributed by atoms with van der Waals surface area (Å²) in [6.45, 7) is 6.36. The zero-order valence-electron chi connectivity index (χ0n) is 27.6. The summed E-state index contributed by atoms with van der Waals surface area (Å²) in [5.41, 5.74) is 4.19. The van der Waals surface area contributed by atoms with Crippen LogP contribution in [0, 0.1) is 6.92 Å². The molecule has 2 aromatic heterocycles. The fraction of sp³-hybridized carbons (Fsp3) is 0.576. The predicted molar refractivity (Wildman–Crippen MR) is 173 cm³/mol. The van der Waals surface area contributed by atoms with Gasteiger partial charge in [-0.3, -0.25) is 9.59 Å². The van der Waals surface area contributed by atoms with Crippen molar-refractivity contribution in [3.05, 3.63) is 51.9 Å². The number of carboxylic acids is 1. The number of methoxy groups -OCH3 is 2. The highest BCUT2D eigenvalue weighted by Crippen LogP contribution is 2.30. The molecule has 4 rings (SSSR count). The molecule has 3 atom stereocenters. The normalized spacial score (nSPS) is 15.2. The molecule has 0 radical (unpaired) electrons. The second kappa shape index (κ2) is 17.3. The number of carbonyl (C=O) groups excluding carboxylic acids is 1. The maximum atomic E-state index is 12.5.